The van der Waals surface area contributed by atoms with Crippen LogP contribution in [0.25, 0.3) is 0 Å². The highest BCUT2D eigenvalue weighted by atomic mass is 79.9. The van der Waals surface area contributed by atoms with E-state index < -0.39 is 0 Å². The highest BCUT2D eigenvalue weighted by molar-refractivity contribution is 9.10. The van der Waals surface area contributed by atoms with Crippen LogP contribution in [0.5, 0.6) is 0 Å². The average Bonchev–Trinajstić information content (AvgIpc) is 2.61. The number of halogens is 1. The van der Waals surface area contributed by atoms with Crippen LogP contribution >= 0.6 is 27.7 Å². The number of carbonyl (C=O) groups is 1. The van der Waals surface area contributed by atoms with Gasteiger partial charge in [0, 0.05) is 29.2 Å². The minimum atomic E-state index is 0.112. The van der Waals surface area contributed by atoms with Gasteiger partial charge in [0.1, 0.15) is 17.2 Å². The van der Waals surface area contributed by atoms with Gasteiger partial charge in [0.25, 0.3) is 0 Å². The van der Waals surface area contributed by atoms with Gasteiger partial charge in [-0.1, -0.05) is 39.8 Å². The first-order chi connectivity index (χ1) is 11.2. The van der Waals surface area contributed by atoms with Crippen LogP contribution in [0.1, 0.15) is 29.6 Å². The van der Waals surface area contributed by atoms with E-state index in [0.29, 0.717) is 5.75 Å². The monoisotopic (exact) mass is 391 g/mol. The molecule has 0 bridgehead atoms. The third-order valence-electron chi connectivity index (χ3n) is 3.82. The lowest BCUT2D eigenvalue weighted by atomic mass is 10.1. The maximum absolute atomic E-state index is 12.2. The summed E-state index contributed by atoms with van der Waals surface area (Å²) in [5.74, 6) is 1.47. The van der Waals surface area contributed by atoms with Crippen LogP contribution in [0.4, 0.5) is 5.82 Å². The molecule has 0 spiro atoms. The number of piperidine rings is 1. The fourth-order valence-corrected chi connectivity index (χ4v) is 3.58. The first-order valence-corrected chi connectivity index (χ1v) is 9.49. The molecule has 0 saturated carbocycles. The van der Waals surface area contributed by atoms with Crippen molar-refractivity contribution in [2.45, 2.75) is 24.3 Å². The van der Waals surface area contributed by atoms with Crippen LogP contribution < -0.4 is 4.90 Å². The number of thioether (sulfide) groups is 1. The topological polar surface area (TPSA) is 46.1 Å². The zero-order chi connectivity index (χ0) is 16.1. The minimum Gasteiger partial charge on any atom is -0.356 e. The van der Waals surface area contributed by atoms with Crippen molar-refractivity contribution in [3.8, 4) is 0 Å². The highest BCUT2D eigenvalue weighted by Gasteiger charge is 2.13. The number of benzene rings is 1. The second-order valence-electron chi connectivity index (χ2n) is 5.48. The quantitative estimate of drug-likeness (QED) is 0.434. The summed E-state index contributed by atoms with van der Waals surface area (Å²) in [6.45, 7) is 2.11. The van der Waals surface area contributed by atoms with Crippen LogP contribution in [0.3, 0.4) is 0 Å². The first-order valence-electron chi connectivity index (χ1n) is 7.71. The van der Waals surface area contributed by atoms with E-state index in [2.05, 4.69) is 30.8 Å². The molecular formula is C17H18BrN3OS. The van der Waals surface area contributed by atoms with E-state index in [9.17, 15) is 4.79 Å². The van der Waals surface area contributed by atoms with Crippen LogP contribution in [-0.2, 0) is 0 Å². The number of ketones is 1. The Morgan fingerprint density at radius 3 is 2.61 bits per heavy atom. The lowest BCUT2D eigenvalue weighted by Gasteiger charge is -2.27. The summed E-state index contributed by atoms with van der Waals surface area (Å²) >= 11 is 4.84. The van der Waals surface area contributed by atoms with Crippen molar-refractivity contribution in [3.63, 3.8) is 0 Å². The third-order valence-corrected chi connectivity index (χ3v) is 5.28. The van der Waals surface area contributed by atoms with Gasteiger partial charge in [-0.25, -0.2) is 9.97 Å². The highest BCUT2D eigenvalue weighted by Crippen LogP contribution is 2.23. The largest absolute Gasteiger partial charge is 0.356 e. The Morgan fingerprint density at radius 1 is 1.13 bits per heavy atom. The Labute approximate surface area is 148 Å². The van der Waals surface area contributed by atoms with Crippen LogP contribution in [0.2, 0.25) is 0 Å². The van der Waals surface area contributed by atoms with E-state index in [1.165, 1.54) is 31.0 Å². The van der Waals surface area contributed by atoms with Gasteiger partial charge in [-0.15, -0.1) is 0 Å². The predicted molar refractivity (Wildman–Crippen MR) is 97.3 cm³/mol. The van der Waals surface area contributed by atoms with Gasteiger partial charge in [0.05, 0.1) is 5.75 Å². The summed E-state index contributed by atoms with van der Waals surface area (Å²) in [7, 11) is 0. The molecule has 120 valence electrons. The fraction of sp³-hybridized carbons (Fsp3) is 0.353. The van der Waals surface area contributed by atoms with Gasteiger partial charge in [-0.2, -0.15) is 0 Å². The van der Waals surface area contributed by atoms with Crippen LogP contribution in [0.15, 0.2) is 46.2 Å². The Morgan fingerprint density at radius 2 is 1.87 bits per heavy atom. The van der Waals surface area contributed by atoms with Crippen molar-refractivity contribution >= 4 is 39.3 Å². The molecule has 0 amide bonds. The summed E-state index contributed by atoms with van der Waals surface area (Å²) < 4.78 is 0.976. The zero-order valence-electron chi connectivity index (χ0n) is 12.7. The van der Waals surface area contributed by atoms with E-state index in [4.69, 9.17) is 0 Å². The molecule has 23 heavy (non-hydrogen) atoms. The van der Waals surface area contributed by atoms with E-state index in [-0.39, 0.29) is 5.78 Å². The summed E-state index contributed by atoms with van der Waals surface area (Å²) in [5, 5.41) is 0.853. The summed E-state index contributed by atoms with van der Waals surface area (Å²) in [5.41, 5.74) is 0.728. The zero-order valence-corrected chi connectivity index (χ0v) is 15.1. The second kappa shape index (κ2) is 7.93. The molecule has 4 nitrogen and oxygen atoms in total. The van der Waals surface area contributed by atoms with Crippen molar-refractivity contribution in [1.29, 1.82) is 0 Å². The van der Waals surface area contributed by atoms with Crippen molar-refractivity contribution < 1.29 is 4.79 Å². The Kier molecular flexibility index (Phi) is 5.67. The number of rotatable bonds is 5. The van der Waals surface area contributed by atoms with Crippen molar-refractivity contribution in [2.24, 2.45) is 0 Å². The Bertz CT molecular complexity index is 672. The molecule has 6 heteroatoms. The maximum atomic E-state index is 12.2. The molecule has 1 saturated heterocycles. The number of hydrogen-bond acceptors (Lipinski definition) is 5. The second-order valence-corrected chi connectivity index (χ2v) is 7.39. The normalized spacial score (nSPS) is 14.7. The molecule has 0 aliphatic carbocycles. The molecule has 0 radical (unpaired) electrons. The molecule has 0 N–H and O–H groups in total. The molecule has 1 aliphatic rings. The molecule has 2 aromatic rings. The van der Waals surface area contributed by atoms with Gasteiger partial charge < -0.3 is 4.90 Å². The number of nitrogens with zero attached hydrogens (tertiary/aromatic N) is 3. The summed E-state index contributed by atoms with van der Waals surface area (Å²) in [6, 6.07) is 9.44. The standard InChI is InChI=1S/C17H18BrN3OS/c18-14-6-4-13(5-7-14)15(22)11-23-17-10-16(19-12-20-17)21-8-2-1-3-9-21/h4-7,10,12H,1-3,8-9,11H2. The van der Waals surface area contributed by atoms with Crippen LogP contribution in [0, 0.1) is 0 Å². The van der Waals surface area contributed by atoms with Gasteiger partial charge >= 0.3 is 0 Å². The minimum absolute atomic E-state index is 0.112. The van der Waals surface area contributed by atoms with Crippen LogP contribution in [-0.4, -0.2) is 34.6 Å². The molecule has 1 aromatic heterocycles. The molecule has 1 aliphatic heterocycles. The van der Waals surface area contributed by atoms with Gasteiger partial charge in [-0.05, 0) is 31.4 Å². The van der Waals surface area contributed by atoms with E-state index in [1.807, 2.05) is 30.3 Å². The van der Waals surface area contributed by atoms with Gasteiger partial charge in [0.15, 0.2) is 5.78 Å². The lowest BCUT2D eigenvalue weighted by molar-refractivity contribution is 0.102. The Hall–Kier alpha value is -1.40. The van der Waals surface area contributed by atoms with Crippen molar-refractivity contribution in [3.05, 3.63) is 46.7 Å². The van der Waals surface area contributed by atoms with E-state index in [0.717, 1.165) is 34.0 Å². The smallest absolute Gasteiger partial charge is 0.173 e. The Balaban J connectivity index is 1.61. The number of hydrogen-bond donors (Lipinski definition) is 0. The third kappa shape index (κ3) is 4.54. The van der Waals surface area contributed by atoms with Crippen molar-refractivity contribution in [1.82, 2.24) is 9.97 Å². The molecule has 3 rings (SSSR count). The number of Topliss-reactive ketones (excluding diaryl/α,β-unsaturated/α-hetero) is 1. The molecule has 1 fully saturated rings. The average molecular weight is 392 g/mol. The first kappa shape index (κ1) is 16.5. The maximum Gasteiger partial charge on any atom is 0.173 e. The number of aromatic nitrogens is 2. The molecule has 0 unspecified atom stereocenters. The van der Waals surface area contributed by atoms with E-state index >= 15 is 0 Å². The van der Waals surface area contributed by atoms with E-state index in [1.54, 1.807) is 6.33 Å². The fourth-order valence-electron chi connectivity index (χ4n) is 2.56. The molecule has 0 atom stereocenters. The summed E-state index contributed by atoms with van der Waals surface area (Å²) in [6.07, 6.45) is 5.32. The predicted octanol–water partition coefficient (Wildman–Crippen LogP) is 4.20. The molecule has 1 aromatic carbocycles. The molecule has 2 heterocycles. The van der Waals surface area contributed by atoms with Crippen molar-refractivity contribution in [2.75, 3.05) is 23.7 Å². The number of anilines is 1. The SMILES string of the molecule is O=C(CSc1cc(N2CCCCC2)ncn1)c1ccc(Br)cc1. The molecular weight excluding hydrogens is 374 g/mol. The lowest BCUT2D eigenvalue weighted by Crippen LogP contribution is -2.30. The number of carbonyl (C=O) groups excluding carboxylic acids is 1. The van der Waals surface area contributed by atoms with Gasteiger partial charge in [0.2, 0.25) is 0 Å². The summed E-state index contributed by atoms with van der Waals surface area (Å²) in [4.78, 5) is 23.2. The van der Waals surface area contributed by atoms with Gasteiger partial charge in [-0.3, -0.25) is 4.79 Å².